The molecule has 5 N–H and O–H groups in total. The van der Waals surface area contributed by atoms with Gasteiger partial charge in [-0.2, -0.15) is 0 Å². The Morgan fingerprint density at radius 2 is 1.25 bits per heavy atom. The summed E-state index contributed by atoms with van der Waals surface area (Å²) < 4.78 is 32.7. The molecule has 2 aliphatic carbocycles. The van der Waals surface area contributed by atoms with Gasteiger partial charge >= 0.3 is 11.9 Å². The van der Waals surface area contributed by atoms with E-state index in [1.165, 1.54) is 7.11 Å². The van der Waals surface area contributed by atoms with Crippen LogP contribution in [0.2, 0.25) is 0 Å². The number of halogens is 1. The molecule has 2 saturated carbocycles. The number of aliphatic hydroxyl groups is 4. The minimum Gasteiger partial charge on any atom is -0.489 e. The maximum absolute atomic E-state index is 11.4. The van der Waals surface area contributed by atoms with Crippen molar-refractivity contribution in [2.75, 3.05) is 14.3 Å². The van der Waals surface area contributed by atoms with Crippen molar-refractivity contribution >= 4 is 11.9 Å². The van der Waals surface area contributed by atoms with Gasteiger partial charge in [-0.25, -0.2) is 0 Å². The number of alkyl halides is 1. The first-order valence-electron chi connectivity index (χ1n) is 22.1. The molecule has 2 heterocycles. The normalized spacial score (nSPS) is 26.0. The van der Waals surface area contributed by atoms with Crippen LogP contribution in [0.15, 0.2) is 60.7 Å². The number of para-hydroxylation sites is 2. The quantitative estimate of drug-likeness (QED) is 0.0662. The molecule has 332 valence electrons. The molecule has 0 spiro atoms. The van der Waals surface area contributed by atoms with Crippen molar-refractivity contribution in [1.82, 2.24) is 0 Å². The fourth-order valence-corrected chi connectivity index (χ4v) is 8.92. The van der Waals surface area contributed by atoms with Crippen molar-refractivity contribution in [1.29, 1.82) is 0 Å². The van der Waals surface area contributed by atoms with Gasteiger partial charge in [-0.15, -0.1) is 23.7 Å². The van der Waals surface area contributed by atoms with E-state index < -0.39 is 37.5 Å². The molecule has 12 atom stereocenters. The SMILES string of the molecule is CC#CC[C@H](C)[C@H](O)/C=C/[C@@H]1[C@H]2c3cccc(CCCC(=O)O)c3O[C@H]2C[C@H]1O.CC#CC[C@H](C)[C@H](O)/C=C/[C@@H]1[C@H]2c3cccc(CCCC(=O)OC)c3O[C@H]2C[C@H]1O.[2H]CF. The number of aliphatic hydroxyl groups excluding tert-OH is 4. The van der Waals surface area contributed by atoms with Gasteiger partial charge in [0.15, 0.2) is 0 Å². The molecule has 2 fully saturated rings. The van der Waals surface area contributed by atoms with Gasteiger partial charge in [-0.05, 0) is 62.5 Å². The first kappa shape index (κ1) is 47.4. The summed E-state index contributed by atoms with van der Waals surface area (Å²) in [5.41, 5.74) is 4.31. The number of aryl methyl sites for hydroxylation is 2. The average Bonchev–Trinajstić information content (AvgIpc) is 3.98. The summed E-state index contributed by atoms with van der Waals surface area (Å²) in [5, 5.41) is 50.9. The molecule has 2 aromatic rings. The van der Waals surface area contributed by atoms with Crippen LogP contribution in [0.5, 0.6) is 11.5 Å². The number of carboxylic acid groups (broad SMARTS) is 1. The zero-order chi connectivity index (χ0) is 45.3. The second-order valence-corrected chi connectivity index (χ2v) is 16.4. The van der Waals surface area contributed by atoms with Gasteiger partial charge in [-0.3, -0.25) is 14.0 Å². The van der Waals surface area contributed by atoms with E-state index in [4.69, 9.17) is 20.7 Å². The van der Waals surface area contributed by atoms with Crippen molar-refractivity contribution in [3.05, 3.63) is 83.0 Å². The Morgan fingerprint density at radius 3 is 1.64 bits per heavy atom. The molecule has 10 nitrogen and oxygen atoms in total. The predicted octanol–water partition coefficient (Wildman–Crippen LogP) is 7.25. The molecule has 61 heavy (non-hydrogen) atoms. The van der Waals surface area contributed by atoms with Gasteiger partial charge in [0.2, 0.25) is 0 Å². The van der Waals surface area contributed by atoms with Crippen molar-refractivity contribution in [3.8, 4) is 35.2 Å². The van der Waals surface area contributed by atoms with E-state index in [0.717, 1.165) is 40.2 Å². The highest BCUT2D eigenvalue weighted by Gasteiger charge is 2.50. The van der Waals surface area contributed by atoms with Crippen LogP contribution in [-0.2, 0) is 27.2 Å². The Bertz CT molecular complexity index is 1960. The summed E-state index contributed by atoms with van der Waals surface area (Å²) in [5.74, 6) is 12.4. The predicted molar refractivity (Wildman–Crippen MR) is 233 cm³/mol. The Kier molecular flexibility index (Phi) is 18.7. The van der Waals surface area contributed by atoms with E-state index in [2.05, 4.69) is 29.7 Å². The van der Waals surface area contributed by atoms with E-state index in [1.807, 2.05) is 56.3 Å². The average molecular weight is 846 g/mol. The van der Waals surface area contributed by atoms with E-state index in [0.29, 0.717) is 51.4 Å². The minimum atomic E-state index is -1.00. The van der Waals surface area contributed by atoms with Crippen molar-refractivity contribution < 1.29 is 55.1 Å². The van der Waals surface area contributed by atoms with Gasteiger partial charge in [0.1, 0.15) is 23.7 Å². The maximum atomic E-state index is 11.4. The second-order valence-electron chi connectivity index (χ2n) is 16.4. The lowest BCUT2D eigenvalue weighted by molar-refractivity contribution is -0.140. The Morgan fingerprint density at radius 1 is 0.820 bits per heavy atom. The lowest BCUT2D eigenvalue weighted by Crippen LogP contribution is -2.19. The summed E-state index contributed by atoms with van der Waals surface area (Å²) >= 11 is 0. The van der Waals surface area contributed by atoms with Gasteiger partial charge in [0, 0.05) is 73.3 Å². The van der Waals surface area contributed by atoms with Crippen LogP contribution in [-0.4, -0.2) is 88.4 Å². The van der Waals surface area contributed by atoms with E-state index in [9.17, 15) is 34.4 Å². The third-order valence-electron chi connectivity index (χ3n) is 12.3. The largest absolute Gasteiger partial charge is 0.489 e. The number of carbonyl (C=O) groups excluding carboxylic acids is 1. The van der Waals surface area contributed by atoms with Crippen LogP contribution in [0.1, 0.15) is 115 Å². The number of carbonyl (C=O) groups is 2. The molecule has 0 unspecified atom stereocenters. The molecule has 11 heteroatoms. The summed E-state index contributed by atoms with van der Waals surface area (Å²) in [6.07, 6.45) is 10.7. The summed E-state index contributed by atoms with van der Waals surface area (Å²) in [7, 11) is 0.403. The molecule has 0 radical (unpaired) electrons. The van der Waals surface area contributed by atoms with Gasteiger partial charge in [0.25, 0.3) is 0 Å². The maximum Gasteiger partial charge on any atom is 0.305 e. The van der Waals surface area contributed by atoms with Crippen molar-refractivity contribution in [2.24, 2.45) is 23.7 Å². The molecule has 2 aliphatic heterocycles. The first-order valence-corrected chi connectivity index (χ1v) is 21.4. The summed E-state index contributed by atoms with van der Waals surface area (Å²) in [4.78, 5) is 22.2. The third kappa shape index (κ3) is 12.7. The van der Waals surface area contributed by atoms with Gasteiger partial charge in [0.05, 0.1) is 40.0 Å². The lowest BCUT2D eigenvalue weighted by atomic mass is 9.86. The van der Waals surface area contributed by atoms with Crippen LogP contribution < -0.4 is 9.47 Å². The monoisotopic (exact) mass is 845 g/mol. The highest BCUT2D eigenvalue weighted by molar-refractivity contribution is 5.69. The van der Waals surface area contributed by atoms with E-state index >= 15 is 0 Å². The molecular weight excluding hydrogens is 780 g/mol. The molecule has 2 aromatic carbocycles. The van der Waals surface area contributed by atoms with Crippen LogP contribution in [0.4, 0.5) is 4.39 Å². The Labute approximate surface area is 362 Å². The smallest absolute Gasteiger partial charge is 0.305 e. The number of esters is 1. The molecular formula is C50H65FO10. The van der Waals surface area contributed by atoms with Gasteiger partial charge in [-0.1, -0.05) is 74.5 Å². The number of hydrogen-bond acceptors (Lipinski definition) is 9. The highest BCUT2D eigenvalue weighted by Crippen LogP contribution is 2.53. The Balaban J connectivity index is 0.000000257. The summed E-state index contributed by atoms with van der Waals surface area (Å²) in [6, 6.07) is 12.1. The molecule has 4 aliphatic rings. The standard InChI is InChI=1S/C25H32O5.C24H30O5.CH3F/c1-4-5-8-16(2)20(26)14-13-18-21(27)15-22-24(18)19-11-6-9-17(25(19)30-22)10-7-12-23(28)29-3;1-3-4-7-15(2)19(25)13-12-17-20(26)14-21-23(17)18-10-5-8-16(24(18)29-21)9-6-11-22(27)28;1-2/h6,9,11,13-14,16,18,20-22,24,26-27H,7-8,10,12,15H2,1-3H3;5,8,10,12-13,15,17,19-21,23,25-26H,6-7,9,11,14H2,1-2H3,(H,27,28);1H3/b14-13+;13-12+;/t16-,18-,20+,21+,22-,24-;15-,17-,19+,20+,21-,23-;/m00./s1/i;;1D. The number of hydrogen-bond donors (Lipinski definition) is 5. The number of benzene rings is 2. The van der Waals surface area contributed by atoms with Crippen molar-refractivity contribution in [2.45, 2.75) is 140 Å². The molecule has 0 bridgehead atoms. The number of fused-ring (bicyclic) bond motifs is 6. The fourth-order valence-electron chi connectivity index (χ4n) is 8.92. The molecule has 0 aromatic heterocycles. The molecule has 6 rings (SSSR count). The molecule has 0 saturated heterocycles. The Hall–Kier alpha value is -4.65. The van der Waals surface area contributed by atoms with E-state index in [1.54, 1.807) is 26.0 Å². The topological polar surface area (TPSA) is 163 Å². The first-order chi connectivity index (χ1) is 29.8. The molecule has 0 amide bonds. The minimum absolute atomic E-state index is 0.0287. The van der Waals surface area contributed by atoms with Gasteiger partial charge < -0.3 is 39.7 Å². The van der Waals surface area contributed by atoms with Crippen molar-refractivity contribution in [3.63, 3.8) is 0 Å². The number of carboxylic acids is 1. The number of methoxy groups -OCH3 is 1. The number of aliphatic carboxylic acids is 1. The van der Waals surface area contributed by atoms with E-state index in [-0.39, 0.29) is 60.1 Å². The number of ether oxygens (including phenoxy) is 3. The third-order valence-corrected chi connectivity index (χ3v) is 12.3. The van der Waals surface area contributed by atoms with Crippen LogP contribution >= 0.6 is 0 Å². The van der Waals surface area contributed by atoms with Crippen LogP contribution in [0, 0.1) is 47.4 Å². The highest BCUT2D eigenvalue weighted by atomic mass is 19.1. The number of rotatable bonds is 16. The summed E-state index contributed by atoms with van der Waals surface area (Å²) in [6.45, 7) is 7.52. The van der Waals surface area contributed by atoms with Crippen LogP contribution in [0.25, 0.3) is 0 Å². The zero-order valence-corrected chi connectivity index (χ0v) is 36.1. The zero-order valence-electron chi connectivity index (χ0n) is 37.1. The second kappa shape index (κ2) is 24.1. The van der Waals surface area contributed by atoms with Crippen LogP contribution in [0.3, 0.4) is 0 Å². The lowest BCUT2D eigenvalue weighted by Gasteiger charge is -2.19. The fraction of sp³-hybridized carbons (Fsp3) is 0.560.